The standard InChI is InChI=1S/C13H12FN5O2/c1-7-10(12(20)21-2)11(8-5-3-4-6-9(8)14)19-13(15-7)16-17-18-19/h3-6,11H,1-2H3,(H,15,16,18)/t11-/m1/s1. The Labute approximate surface area is 119 Å². The van der Waals surface area contributed by atoms with Crippen molar-refractivity contribution in [2.45, 2.75) is 13.0 Å². The van der Waals surface area contributed by atoms with Gasteiger partial charge in [-0.2, -0.15) is 4.68 Å². The van der Waals surface area contributed by atoms with Gasteiger partial charge in [-0.25, -0.2) is 9.18 Å². The van der Waals surface area contributed by atoms with Crippen molar-refractivity contribution in [3.05, 3.63) is 46.9 Å². The minimum absolute atomic E-state index is 0.266. The molecular weight excluding hydrogens is 277 g/mol. The second-order valence-electron chi connectivity index (χ2n) is 4.53. The lowest BCUT2D eigenvalue weighted by molar-refractivity contribution is -0.136. The number of hydrogen-bond donors (Lipinski definition) is 1. The molecule has 1 N–H and O–H groups in total. The first-order valence-corrected chi connectivity index (χ1v) is 6.22. The molecule has 7 nitrogen and oxygen atoms in total. The minimum Gasteiger partial charge on any atom is -0.466 e. The first-order chi connectivity index (χ1) is 10.1. The molecule has 1 aliphatic heterocycles. The summed E-state index contributed by atoms with van der Waals surface area (Å²) >= 11 is 0. The van der Waals surface area contributed by atoms with Crippen molar-refractivity contribution < 1.29 is 13.9 Å². The Morgan fingerprint density at radius 3 is 2.90 bits per heavy atom. The van der Waals surface area contributed by atoms with Gasteiger partial charge in [-0.1, -0.05) is 23.3 Å². The topological polar surface area (TPSA) is 81.9 Å². The average molecular weight is 289 g/mol. The van der Waals surface area contributed by atoms with Gasteiger partial charge in [0.15, 0.2) is 0 Å². The Morgan fingerprint density at radius 2 is 2.19 bits per heavy atom. The summed E-state index contributed by atoms with van der Waals surface area (Å²) in [7, 11) is 1.27. The molecule has 0 bridgehead atoms. The Bertz CT molecular complexity index is 740. The Balaban J connectivity index is 2.23. The largest absolute Gasteiger partial charge is 0.466 e. The van der Waals surface area contributed by atoms with Gasteiger partial charge in [0, 0.05) is 11.3 Å². The number of tetrazole rings is 1. The lowest BCUT2D eigenvalue weighted by Gasteiger charge is -2.27. The number of aromatic nitrogens is 4. The molecule has 0 saturated heterocycles. The van der Waals surface area contributed by atoms with E-state index < -0.39 is 17.8 Å². The molecule has 2 heterocycles. The fraction of sp³-hybridized carbons (Fsp3) is 0.231. The highest BCUT2D eigenvalue weighted by atomic mass is 19.1. The number of nitrogens with zero attached hydrogens (tertiary/aromatic N) is 4. The number of halogens is 1. The number of carbonyl (C=O) groups excluding carboxylic acids is 1. The van der Waals surface area contributed by atoms with Crippen molar-refractivity contribution in [1.29, 1.82) is 0 Å². The summed E-state index contributed by atoms with van der Waals surface area (Å²) in [6.07, 6.45) is 0. The van der Waals surface area contributed by atoms with Crippen LogP contribution in [0.3, 0.4) is 0 Å². The number of carbonyl (C=O) groups is 1. The Kier molecular flexibility index (Phi) is 3.13. The zero-order valence-corrected chi connectivity index (χ0v) is 11.4. The van der Waals surface area contributed by atoms with Crippen LogP contribution in [0, 0.1) is 5.82 Å². The molecule has 21 heavy (non-hydrogen) atoms. The zero-order chi connectivity index (χ0) is 15.0. The summed E-state index contributed by atoms with van der Waals surface area (Å²) in [5.74, 6) is -0.664. The molecule has 0 unspecified atom stereocenters. The Hall–Kier alpha value is -2.77. The van der Waals surface area contributed by atoms with Crippen LogP contribution in [0.15, 0.2) is 35.5 Å². The highest BCUT2D eigenvalue weighted by Crippen LogP contribution is 2.35. The second kappa shape index (κ2) is 4.97. The molecule has 0 spiro atoms. The van der Waals surface area contributed by atoms with Gasteiger partial charge in [0.25, 0.3) is 0 Å². The normalized spacial score (nSPS) is 17.2. The highest BCUT2D eigenvalue weighted by Gasteiger charge is 2.35. The van der Waals surface area contributed by atoms with Crippen LogP contribution in [0.2, 0.25) is 0 Å². The summed E-state index contributed by atoms with van der Waals surface area (Å²) in [5, 5.41) is 14.1. The Morgan fingerprint density at radius 1 is 1.43 bits per heavy atom. The van der Waals surface area contributed by atoms with Crippen molar-refractivity contribution in [2.75, 3.05) is 12.4 Å². The van der Waals surface area contributed by atoms with E-state index in [2.05, 4.69) is 20.8 Å². The van der Waals surface area contributed by atoms with E-state index >= 15 is 0 Å². The van der Waals surface area contributed by atoms with Crippen molar-refractivity contribution in [1.82, 2.24) is 20.2 Å². The summed E-state index contributed by atoms with van der Waals surface area (Å²) < 4.78 is 20.3. The van der Waals surface area contributed by atoms with Gasteiger partial charge in [0.2, 0.25) is 5.95 Å². The molecule has 0 saturated carbocycles. The predicted molar refractivity (Wildman–Crippen MR) is 70.7 cm³/mol. The molecule has 0 radical (unpaired) electrons. The molecule has 0 fully saturated rings. The van der Waals surface area contributed by atoms with Crippen molar-refractivity contribution in [3.63, 3.8) is 0 Å². The van der Waals surface area contributed by atoms with Crippen LogP contribution < -0.4 is 5.32 Å². The number of fused-ring (bicyclic) bond motifs is 1. The van der Waals surface area contributed by atoms with E-state index in [0.29, 0.717) is 17.2 Å². The molecular formula is C13H12FN5O2. The van der Waals surface area contributed by atoms with E-state index in [1.165, 1.54) is 17.9 Å². The van der Waals surface area contributed by atoms with Gasteiger partial charge in [-0.15, -0.1) is 0 Å². The van der Waals surface area contributed by atoms with Crippen LogP contribution in [0.25, 0.3) is 0 Å². The van der Waals surface area contributed by atoms with E-state index in [4.69, 9.17) is 4.74 Å². The number of ether oxygens (including phenoxy) is 1. The summed E-state index contributed by atoms with van der Waals surface area (Å²) in [6.45, 7) is 1.69. The van der Waals surface area contributed by atoms with Crippen molar-refractivity contribution in [3.8, 4) is 0 Å². The molecule has 1 aromatic heterocycles. The van der Waals surface area contributed by atoms with E-state index in [-0.39, 0.29) is 5.57 Å². The molecule has 0 aliphatic carbocycles. The maximum atomic E-state index is 14.2. The number of esters is 1. The molecule has 1 aromatic carbocycles. The molecule has 108 valence electrons. The van der Waals surface area contributed by atoms with Crippen LogP contribution in [-0.2, 0) is 9.53 Å². The summed E-state index contributed by atoms with van der Waals surface area (Å²) in [6, 6.07) is 5.41. The number of hydrogen-bond acceptors (Lipinski definition) is 6. The maximum Gasteiger partial charge on any atom is 0.338 e. The summed E-state index contributed by atoms with van der Waals surface area (Å²) in [5.41, 5.74) is 1.09. The monoisotopic (exact) mass is 289 g/mol. The smallest absolute Gasteiger partial charge is 0.338 e. The number of benzene rings is 1. The predicted octanol–water partition coefficient (Wildman–Crippen LogP) is 1.27. The van der Waals surface area contributed by atoms with E-state index in [9.17, 15) is 9.18 Å². The van der Waals surface area contributed by atoms with Crippen LogP contribution in [0.4, 0.5) is 10.3 Å². The first-order valence-electron chi connectivity index (χ1n) is 6.22. The quantitative estimate of drug-likeness (QED) is 0.839. The molecule has 1 atom stereocenters. The third kappa shape index (κ3) is 2.04. The van der Waals surface area contributed by atoms with Gasteiger partial charge in [-0.05, 0) is 23.4 Å². The SMILES string of the molecule is COC(=O)C1=C(C)Nc2nnnn2[C@@H]1c1ccccc1F. The van der Waals surface area contributed by atoms with Gasteiger partial charge in [0.1, 0.15) is 11.9 Å². The third-order valence-corrected chi connectivity index (χ3v) is 3.32. The third-order valence-electron chi connectivity index (χ3n) is 3.32. The van der Waals surface area contributed by atoms with Gasteiger partial charge < -0.3 is 10.1 Å². The van der Waals surface area contributed by atoms with Gasteiger partial charge in [-0.3, -0.25) is 0 Å². The molecule has 2 aromatic rings. The van der Waals surface area contributed by atoms with Crippen LogP contribution in [0.5, 0.6) is 0 Å². The zero-order valence-electron chi connectivity index (χ0n) is 11.4. The molecule has 8 heteroatoms. The van der Waals surface area contributed by atoms with Crippen molar-refractivity contribution in [2.24, 2.45) is 0 Å². The van der Waals surface area contributed by atoms with E-state index in [1.807, 2.05) is 0 Å². The average Bonchev–Trinajstić information content (AvgIpc) is 2.93. The number of allylic oxidation sites excluding steroid dienone is 1. The van der Waals surface area contributed by atoms with Gasteiger partial charge in [0.05, 0.1) is 12.7 Å². The molecule has 0 amide bonds. The summed E-state index contributed by atoms with van der Waals surface area (Å²) in [4.78, 5) is 12.1. The molecule has 1 aliphatic rings. The second-order valence-corrected chi connectivity index (χ2v) is 4.53. The maximum absolute atomic E-state index is 14.2. The van der Waals surface area contributed by atoms with Crippen LogP contribution in [0.1, 0.15) is 18.5 Å². The number of nitrogens with one attached hydrogen (secondary N) is 1. The number of rotatable bonds is 2. The number of methoxy groups -OCH3 is 1. The van der Waals surface area contributed by atoms with E-state index in [0.717, 1.165) is 0 Å². The fourth-order valence-corrected chi connectivity index (χ4v) is 2.37. The highest BCUT2D eigenvalue weighted by molar-refractivity contribution is 5.92. The minimum atomic E-state index is -0.773. The lowest BCUT2D eigenvalue weighted by atomic mass is 9.95. The fourth-order valence-electron chi connectivity index (χ4n) is 2.37. The first kappa shape index (κ1) is 13.2. The lowest BCUT2D eigenvalue weighted by Crippen LogP contribution is -2.29. The van der Waals surface area contributed by atoms with Crippen LogP contribution in [-0.4, -0.2) is 33.3 Å². The van der Waals surface area contributed by atoms with Crippen LogP contribution >= 0.6 is 0 Å². The van der Waals surface area contributed by atoms with E-state index in [1.54, 1.807) is 25.1 Å². The van der Waals surface area contributed by atoms with Crippen molar-refractivity contribution >= 4 is 11.9 Å². The van der Waals surface area contributed by atoms with Gasteiger partial charge >= 0.3 is 5.97 Å². The molecule has 3 rings (SSSR count). The number of anilines is 1.